The minimum Gasteiger partial charge on any atom is -0.306 e. The second kappa shape index (κ2) is 7.49. The molecule has 0 saturated heterocycles. The van der Waals surface area contributed by atoms with Crippen molar-refractivity contribution in [3.8, 4) is 5.69 Å². The number of aromatic nitrogens is 2. The molecule has 0 spiro atoms. The summed E-state index contributed by atoms with van der Waals surface area (Å²) in [5.41, 5.74) is 4.74. The molecule has 154 valence electrons. The van der Waals surface area contributed by atoms with Gasteiger partial charge in [0.15, 0.2) is 0 Å². The molecule has 0 bridgehead atoms. The fraction of sp³-hybridized carbons (Fsp3) is 0.238. The van der Waals surface area contributed by atoms with Crippen molar-refractivity contribution in [2.45, 2.75) is 32.3 Å². The second-order valence-corrected chi connectivity index (χ2v) is 8.75. The number of nitro groups is 1. The van der Waals surface area contributed by atoms with E-state index in [1.807, 2.05) is 32.0 Å². The van der Waals surface area contributed by atoms with Gasteiger partial charge in [-0.25, -0.2) is 4.68 Å². The van der Waals surface area contributed by atoms with E-state index in [9.17, 15) is 19.1 Å². The van der Waals surface area contributed by atoms with E-state index >= 15 is 0 Å². The monoisotopic (exact) mass is 424 g/mol. The molecule has 1 atom stereocenters. The molecule has 2 aromatic carbocycles. The maximum absolute atomic E-state index is 13.1. The van der Waals surface area contributed by atoms with Crippen LogP contribution in [0.4, 0.5) is 11.5 Å². The van der Waals surface area contributed by atoms with Crippen molar-refractivity contribution >= 4 is 28.2 Å². The van der Waals surface area contributed by atoms with Gasteiger partial charge in [0.25, 0.3) is 11.6 Å². The zero-order valence-electron chi connectivity index (χ0n) is 16.8. The number of hydrogen-bond acceptors (Lipinski definition) is 5. The SMILES string of the molecule is Cc1cccc(-n2nc3c(c2NC(=O)c2cccc([N+](=O)[O-])c2C)CS(=O)C3)c1C. The number of nitrogens with one attached hydrogen (secondary N) is 1. The number of nitrogens with zero attached hydrogens (tertiary/aromatic N) is 3. The highest BCUT2D eigenvalue weighted by Crippen LogP contribution is 2.33. The van der Waals surface area contributed by atoms with E-state index in [1.54, 1.807) is 17.7 Å². The summed E-state index contributed by atoms with van der Waals surface area (Å²) in [5.74, 6) is 0.638. The molecule has 1 aliphatic rings. The van der Waals surface area contributed by atoms with E-state index in [2.05, 4.69) is 10.4 Å². The Morgan fingerprint density at radius 2 is 1.87 bits per heavy atom. The molecule has 9 heteroatoms. The molecule has 1 unspecified atom stereocenters. The van der Waals surface area contributed by atoms with Gasteiger partial charge in [-0.3, -0.25) is 19.1 Å². The van der Waals surface area contributed by atoms with E-state index in [0.29, 0.717) is 23.0 Å². The van der Waals surface area contributed by atoms with Crippen LogP contribution in [0.1, 0.15) is 38.3 Å². The summed E-state index contributed by atoms with van der Waals surface area (Å²) >= 11 is 0. The van der Waals surface area contributed by atoms with Gasteiger partial charge < -0.3 is 5.32 Å². The summed E-state index contributed by atoms with van der Waals surface area (Å²) in [4.78, 5) is 23.8. The molecular weight excluding hydrogens is 404 g/mol. The molecule has 1 amide bonds. The lowest BCUT2D eigenvalue weighted by Crippen LogP contribution is -2.18. The largest absolute Gasteiger partial charge is 0.306 e. The highest BCUT2D eigenvalue weighted by Gasteiger charge is 2.29. The number of aryl methyl sites for hydroxylation is 1. The molecular formula is C21H20N4O4S. The summed E-state index contributed by atoms with van der Waals surface area (Å²) in [6.07, 6.45) is 0. The lowest BCUT2D eigenvalue weighted by Gasteiger charge is -2.15. The third-order valence-corrected chi connectivity index (χ3v) is 6.66. The van der Waals surface area contributed by atoms with E-state index < -0.39 is 21.6 Å². The first-order valence-corrected chi connectivity index (χ1v) is 10.8. The molecule has 30 heavy (non-hydrogen) atoms. The Morgan fingerprint density at radius 1 is 1.13 bits per heavy atom. The van der Waals surface area contributed by atoms with Crippen LogP contribution in [0.15, 0.2) is 36.4 Å². The van der Waals surface area contributed by atoms with Crippen LogP contribution < -0.4 is 5.32 Å². The van der Waals surface area contributed by atoms with Gasteiger partial charge in [-0.15, -0.1) is 0 Å². The Morgan fingerprint density at radius 3 is 2.60 bits per heavy atom. The van der Waals surface area contributed by atoms with Gasteiger partial charge in [-0.05, 0) is 44.0 Å². The van der Waals surface area contributed by atoms with E-state index in [-0.39, 0.29) is 16.8 Å². The maximum atomic E-state index is 13.1. The number of carbonyl (C=O) groups is 1. The Hall–Kier alpha value is -3.33. The first-order valence-electron chi connectivity index (χ1n) is 9.35. The van der Waals surface area contributed by atoms with Crippen LogP contribution >= 0.6 is 0 Å². The quantitative estimate of drug-likeness (QED) is 0.507. The number of fused-ring (bicyclic) bond motifs is 1. The lowest BCUT2D eigenvalue weighted by atomic mass is 10.1. The second-order valence-electron chi connectivity index (χ2n) is 7.29. The average molecular weight is 424 g/mol. The van der Waals surface area contributed by atoms with Crippen molar-refractivity contribution in [2.24, 2.45) is 0 Å². The van der Waals surface area contributed by atoms with Crippen molar-refractivity contribution < 1.29 is 13.9 Å². The fourth-order valence-electron chi connectivity index (χ4n) is 3.64. The number of rotatable bonds is 4. The van der Waals surface area contributed by atoms with Crippen molar-refractivity contribution in [3.05, 3.63) is 80.0 Å². The molecule has 0 fully saturated rings. The van der Waals surface area contributed by atoms with E-state index in [0.717, 1.165) is 22.4 Å². The normalized spacial score (nSPS) is 15.1. The molecule has 8 nitrogen and oxygen atoms in total. The lowest BCUT2D eigenvalue weighted by molar-refractivity contribution is -0.385. The molecule has 0 saturated carbocycles. The molecule has 1 aliphatic heterocycles. The molecule has 2 heterocycles. The number of carbonyl (C=O) groups excluding carboxylic acids is 1. The number of nitro benzene ring substituents is 1. The highest BCUT2D eigenvalue weighted by atomic mass is 32.2. The minimum atomic E-state index is -1.06. The van der Waals surface area contributed by atoms with Gasteiger partial charge in [0.05, 0.1) is 27.8 Å². The van der Waals surface area contributed by atoms with Gasteiger partial charge in [-0.1, -0.05) is 18.2 Å². The first kappa shape index (κ1) is 20.0. The fourth-order valence-corrected chi connectivity index (χ4v) is 4.90. The third-order valence-electron chi connectivity index (χ3n) is 5.45. The zero-order valence-corrected chi connectivity index (χ0v) is 17.6. The standard InChI is InChI=1S/C21H20N4O4S/c1-12-6-4-8-18(13(12)2)24-20(16-10-30(29)11-17(16)23-24)22-21(26)15-7-5-9-19(14(15)3)25(27)28/h4-9H,10-11H2,1-3H3,(H,22,26). The minimum absolute atomic E-state index is 0.114. The predicted octanol–water partition coefficient (Wildman–Crippen LogP) is 3.72. The molecule has 1 aromatic heterocycles. The van der Waals surface area contributed by atoms with Crippen LogP contribution in [-0.2, 0) is 22.3 Å². The Labute approximate surface area is 175 Å². The Bertz CT molecular complexity index is 1230. The maximum Gasteiger partial charge on any atom is 0.273 e. The molecule has 1 N–H and O–H groups in total. The third kappa shape index (κ3) is 3.30. The Kier molecular flexibility index (Phi) is 4.98. The van der Waals surface area contributed by atoms with E-state index in [4.69, 9.17) is 0 Å². The summed E-state index contributed by atoms with van der Waals surface area (Å²) in [7, 11) is -1.06. The van der Waals surface area contributed by atoms with Crippen molar-refractivity contribution in [1.82, 2.24) is 9.78 Å². The van der Waals surface area contributed by atoms with Crippen LogP contribution in [0.5, 0.6) is 0 Å². The van der Waals surface area contributed by atoms with Crippen LogP contribution in [0, 0.1) is 30.9 Å². The smallest absolute Gasteiger partial charge is 0.273 e. The predicted molar refractivity (Wildman–Crippen MR) is 114 cm³/mol. The topological polar surface area (TPSA) is 107 Å². The summed E-state index contributed by atoms with van der Waals surface area (Å²) in [6, 6.07) is 10.2. The van der Waals surface area contributed by atoms with Crippen LogP contribution in [0.2, 0.25) is 0 Å². The number of benzene rings is 2. The average Bonchev–Trinajstić information content (AvgIpc) is 3.20. The highest BCUT2D eigenvalue weighted by molar-refractivity contribution is 7.83. The van der Waals surface area contributed by atoms with Gasteiger partial charge >= 0.3 is 0 Å². The van der Waals surface area contributed by atoms with Crippen LogP contribution in [-0.4, -0.2) is 24.8 Å². The Balaban J connectivity index is 1.81. The number of hydrogen-bond donors (Lipinski definition) is 1. The molecule has 0 radical (unpaired) electrons. The van der Waals surface area contributed by atoms with Gasteiger partial charge in [0, 0.05) is 33.6 Å². The summed E-state index contributed by atoms with van der Waals surface area (Å²) in [5, 5.41) is 18.8. The van der Waals surface area contributed by atoms with Crippen molar-refractivity contribution in [3.63, 3.8) is 0 Å². The van der Waals surface area contributed by atoms with Gasteiger partial charge in [-0.2, -0.15) is 5.10 Å². The summed E-state index contributed by atoms with van der Waals surface area (Å²) in [6.45, 7) is 5.52. The first-order chi connectivity index (χ1) is 14.3. The molecule has 3 aromatic rings. The molecule has 4 rings (SSSR count). The van der Waals surface area contributed by atoms with E-state index in [1.165, 1.54) is 12.1 Å². The molecule has 0 aliphatic carbocycles. The zero-order chi connectivity index (χ0) is 21.6. The van der Waals surface area contributed by atoms with Crippen molar-refractivity contribution in [2.75, 3.05) is 5.32 Å². The number of anilines is 1. The van der Waals surface area contributed by atoms with Gasteiger partial charge in [0.1, 0.15) is 5.82 Å². The number of amides is 1. The van der Waals surface area contributed by atoms with Crippen LogP contribution in [0.3, 0.4) is 0 Å². The van der Waals surface area contributed by atoms with Crippen LogP contribution in [0.25, 0.3) is 5.69 Å². The van der Waals surface area contributed by atoms with Gasteiger partial charge in [0.2, 0.25) is 0 Å². The summed E-state index contributed by atoms with van der Waals surface area (Å²) < 4.78 is 13.8. The van der Waals surface area contributed by atoms with Crippen molar-refractivity contribution in [1.29, 1.82) is 0 Å².